The number of likely N-dealkylation sites (tertiary alicyclic amines) is 1. The Bertz CT molecular complexity index is 709. The van der Waals surface area contributed by atoms with Gasteiger partial charge in [-0.3, -0.25) is 4.90 Å². The third kappa shape index (κ3) is 4.60. The van der Waals surface area contributed by atoms with Crippen LogP contribution >= 0.6 is 0 Å². The van der Waals surface area contributed by atoms with Crippen molar-refractivity contribution in [3.63, 3.8) is 0 Å². The maximum absolute atomic E-state index is 12.9. The number of halogens is 3. The minimum Gasteiger partial charge on any atom is -0.473 e. The fourth-order valence-corrected chi connectivity index (χ4v) is 2.79. The number of anilines is 1. The van der Waals surface area contributed by atoms with Gasteiger partial charge in [-0.25, -0.2) is 4.98 Å². The Labute approximate surface area is 143 Å². The van der Waals surface area contributed by atoms with E-state index in [0.717, 1.165) is 25.6 Å². The Hall–Kier alpha value is -2.35. The maximum Gasteiger partial charge on any atom is 0.433 e. The summed E-state index contributed by atoms with van der Waals surface area (Å²) >= 11 is 0. The van der Waals surface area contributed by atoms with E-state index in [-0.39, 0.29) is 17.9 Å². The number of benzene rings is 1. The number of ether oxygens (including phenoxy) is 1. The van der Waals surface area contributed by atoms with Crippen molar-refractivity contribution in [2.75, 3.05) is 25.5 Å². The van der Waals surface area contributed by atoms with E-state index in [2.05, 4.69) is 20.2 Å². The Morgan fingerprint density at radius 1 is 1.24 bits per heavy atom. The first-order valence-electron chi connectivity index (χ1n) is 8.01. The summed E-state index contributed by atoms with van der Waals surface area (Å²) in [6.07, 6.45) is -3.99. The molecule has 0 saturated carbocycles. The number of hydrogen-bond acceptors (Lipinski definition) is 5. The fraction of sp³-hybridized carbons (Fsp3) is 0.412. The third-order valence-electron chi connectivity index (χ3n) is 3.98. The molecule has 25 heavy (non-hydrogen) atoms. The molecule has 0 radical (unpaired) electrons. The van der Waals surface area contributed by atoms with Crippen molar-refractivity contribution in [3.8, 4) is 5.88 Å². The van der Waals surface area contributed by atoms with E-state index in [9.17, 15) is 13.2 Å². The normalized spacial score (nSPS) is 18.3. The van der Waals surface area contributed by atoms with Crippen LogP contribution in [0.3, 0.4) is 0 Å². The van der Waals surface area contributed by atoms with E-state index >= 15 is 0 Å². The standard InChI is InChI=1S/C17H19F3N4O/c1-21-16-22-14(17(18,19)20)9-15(23-16)25-13-7-8-24(11-13)10-12-5-3-2-4-6-12/h2-6,9,13H,7-8,10-11H2,1H3,(H,21,22,23). The van der Waals surface area contributed by atoms with Crippen molar-refractivity contribution >= 4 is 5.95 Å². The molecule has 0 bridgehead atoms. The summed E-state index contributed by atoms with van der Waals surface area (Å²) in [5.74, 6) is -0.165. The number of nitrogens with zero attached hydrogens (tertiary/aromatic N) is 3. The van der Waals surface area contributed by atoms with E-state index < -0.39 is 11.9 Å². The van der Waals surface area contributed by atoms with E-state index in [1.54, 1.807) is 0 Å². The van der Waals surface area contributed by atoms with Gasteiger partial charge >= 0.3 is 6.18 Å². The van der Waals surface area contributed by atoms with Crippen LogP contribution in [0.25, 0.3) is 0 Å². The lowest BCUT2D eigenvalue weighted by molar-refractivity contribution is -0.141. The van der Waals surface area contributed by atoms with Gasteiger partial charge in [0.15, 0.2) is 5.69 Å². The third-order valence-corrected chi connectivity index (χ3v) is 3.98. The van der Waals surface area contributed by atoms with Crippen LogP contribution in [0, 0.1) is 0 Å². The number of alkyl halides is 3. The van der Waals surface area contributed by atoms with Crippen LogP contribution in [0.2, 0.25) is 0 Å². The number of nitrogens with one attached hydrogen (secondary N) is 1. The Balaban J connectivity index is 1.65. The second-order valence-electron chi connectivity index (χ2n) is 5.91. The highest BCUT2D eigenvalue weighted by atomic mass is 19.4. The van der Waals surface area contributed by atoms with Gasteiger partial charge in [-0.05, 0) is 12.0 Å². The molecule has 1 N–H and O–H groups in total. The lowest BCUT2D eigenvalue weighted by Crippen LogP contribution is -2.25. The van der Waals surface area contributed by atoms with E-state index in [0.29, 0.717) is 6.54 Å². The van der Waals surface area contributed by atoms with Gasteiger partial charge in [0.1, 0.15) is 6.10 Å². The smallest absolute Gasteiger partial charge is 0.433 e. The summed E-state index contributed by atoms with van der Waals surface area (Å²) in [5, 5.41) is 2.53. The second kappa shape index (κ2) is 7.26. The number of hydrogen-bond donors (Lipinski definition) is 1. The molecule has 2 heterocycles. The summed E-state index contributed by atoms with van der Waals surface area (Å²) in [7, 11) is 1.47. The van der Waals surface area contributed by atoms with Crippen LogP contribution in [0.15, 0.2) is 36.4 Å². The minimum absolute atomic E-state index is 0.0572. The van der Waals surface area contributed by atoms with Crippen molar-refractivity contribution in [1.29, 1.82) is 0 Å². The first kappa shape index (κ1) is 17.5. The largest absolute Gasteiger partial charge is 0.473 e. The quantitative estimate of drug-likeness (QED) is 0.896. The lowest BCUT2D eigenvalue weighted by atomic mass is 10.2. The van der Waals surface area contributed by atoms with Gasteiger partial charge in [0, 0.05) is 32.7 Å². The molecular formula is C17H19F3N4O. The minimum atomic E-state index is -4.54. The molecular weight excluding hydrogens is 333 g/mol. The maximum atomic E-state index is 12.9. The molecule has 1 unspecified atom stereocenters. The zero-order chi connectivity index (χ0) is 17.9. The van der Waals surface area contributed by atoms with Gasteiger partial charge in [0.05, 0.1) is 0 Å². The molecule has 1 aliphatic heterocycles. The van der Waals surface area contributed by atoms with Gasteiger partial charge in [-0.1, -0.05) is 30.3 Å². The predicted molar refractivity (Wildman–Crippen MR) is 87.3 cm³/mol. The van der Waals surface area contributed by atoms with Gasteiger partial charge in [-0.15, -0.1) is 0 Å². The zero-order valence-corrected chi connectivity index (χ0v) is 13.8. The Morgan fingerprint density at radius 2 is 2.00 bits per heavy atom. The summed E-state index contributed by atoms with van der Waals surface area (Å²) in [6.45, 7) is 2.27. The summed E-state index contributed by atoms with van der Waals surface area (Å²) in [4.78, 5) is 9.62. The molecule has 8 heteroatoms. The van der Waals surface area contributed by atoms with Crippen LogP contribution in [0.5, 0.6) is 5.88 Å². The predicted octanol–water partition coefficient (Wildman–Crippen LogP) is 3.19. The van der Waals surface area contributed by atoms with Crippen molar-refractivity contribution in [3.05, 3.63) is 47.7 Å². The molecule has 0 spiro atoms. The second-order valence-corrected chi connectivity index (χ2v) is 5.91. The monoisotopic (exact) mass is 352 g/mol. The first-order valence-corrected chi connectivity index (χ1v) is 8.01. The van der Waals surface area contributed by atoms with Gasteiger partial charge < -0.3 is 10.1 Å². The van der Waals surface area contributed by atoms with E-state index in [1.807, 2.05) is 30.3 Å². The average molecular weight is 352 g/mol. The van der Waals surface area contributed by atoms with Gasteiger partial charge in [0.2, 0.25) is 11.8 Å². The Kier molecular flexibility index (Phi) is 5.08. The molecule has 1 fully saturated rings. The zero-order valence-electron chi connectivity index (χ0n) is 13.8. The molecule has 1 aliphatic rings. The van der Waals surface area contributed by atoms with Crippen molar-refractivity contribution in [2.24, 2.45) is 0 Å². The highest BCUT2D eigenvalue weighted by molar-refractivity contribution is 5.31. The summed E-state index contributed by atoms with van der Waals surface area (Å²) in [5.41, 5.74) is 0.183. The molecule has 1 aromatic carbocycles. The van der Waals surface area contributed by atoms with Crippen LogP contribution in [-0.2, 0) is 12.7 Å². The van der Waals surface area contributed by atoms with Crippen molar-refractivity contribution in [1.82, 2.24) is 14.9 Å². The first-order chi connectivity index (χ1) is 11.9. The molecule has 5 nitrogen and oxygen atoms in total. The van der Waals surface area contributed by atoms with Gasteiger partial charge in [0.25, 0.3) is 0 Å². The summed E-state index contributed by atoms with van der Waals surface area (Å²) < 4.78 is 44.4. The lowest BCUT2D eigenvalue weighted by Gasteiger charge is -2.17. The number of aromatic nitrogens is 2. The molecule has 1 aromatic heterocycles. The van der Waals surface area contributed by atoms with Crippen LogP contribution in [0.4, 0.5) is 19.1 Å². The molecule has 1 saturated heterocycles. The average Bonchev–Trinajstić information content (AvgIpc) is 3.01. The highest BCUT2D eigenvalue weighted by Gasteiger charge is 2.34. The van der Waals surface area contributed by atoms with E-state index in [4.69, 9.17) is 4.74 Å². The van der Waals surface area contributed by atoms with Crippen LogP contribution in [-0.4, -0.2) is 41.1 Å². The highest BCUT2D eigenvalue weighted by Crippen LogP contribution is 2.31. The van der Waals surface area contributed by atoms with Crippen molar-refractivity contribution in [2.45, 2.75) is 25.2 Å². The van der Waals surface area contributed by atoms with Crippen LogP contribution in [0.1, 0.15) is 17.7 Å². The number of rotatable bonds is 5. The molecule has 2 aromatic rings. The molecule has 0 aliphatic carbocycles. The SMILES string of the molecule is CNc1nc(OC2CCN(Cc3ccccc3)C2)cc(C(F)(F)F)n1. The fourth-order valence-electron chi connectivity index (χ4n) is 2.79. The molecule has 134 valence electrons. The topological polar surface area (TPSA) is 50.3 Å². The summed E-state index contributed by atoms with van der Waals surface area (Å²) in [6, 6.07) is 10.9. The van der Waals surface area contributed by atoms with Crippen LogP contribution < -0.4 is 10.1 Å². The van der Waals surface area contributed by atoms with E-state index in [1.165, 1.54) is 12.6 Å². The molecule has 1 atom stereocenters. The van der Waals surface area contributed by atoms with Gasteiger partial charge in [-0.2, -0.15) is 18.2 Å². The molecule has 0 amide bonds. The Morgan fingerprint density at radius 3 is 2.68 bits per heavy atom. The molecule has 3 rings (SSSR count). The van der Waals surface area contributed by atoms with Crippen molar-refractivity contribution < 1.29 is 17.9 Å².